The summed E-state index contributed by atoms with van der Waals surface area (Å²) >= 11 is 1.77. The fraction of sp³-hybridized carbons (Fsp3) is 0.500. The summed E-state index contributed by atoms with van der Waals surface area (Å²) in [4.78, 5) is 3.88. The summed E-state index contributed by atoms with van der Waals surface area (Å²) in [6.07, 6.45) is 2.33. The topological polar surface area (TPSA) is 76.3 Å². The molecule has 17 heavy (non-hydrogen) atoms. The molecule has 1 atom stereocenters. The van der Waals surface area contributed by atoms with Crippen molar-refractivity contribution in [3.63, 3.8) is 0 Å². The zero-order valence-corrected chi connectivity index (χ0v) is 11.2. The molecular weight excluding hydrogens is 258 g/mol. The van der Waals surface area contributed by atoms with Crippen molar-refractivity contribution in [2.45, 2.75) is 17.5 Å². The predicted molar refractivity (Wildman–Crippen MR) is 69.3 cm³/mol. The van der Waals surface area contributed by atoms with Crippen molar-refractivity contribution >= 4 is 27.5 Å². The molecule has 1 unspecified atom stereocenters. The molecule has 2 N–H and O–H groups in total. The van der Waals surface area contributed by atoms with Crippen LogP contribution in [0, 0.1) is 0 Å². The molecule has 2 heterocycles. The fourth-order valence-electron chi connectivity index (χ4n) is 1.76. The average Bonchev–Trinajstić information content (AvgIpc) is 2.81. The molecule has 0 saturated carbocycles. The van der Waals surface area contributed by atoms with Crippen LogP contribution in [-0.2, 0) is 10.0 Å². The van der Waals surface area contributed by atoms with Gasteiger partial charge in [-0.2, -0.15) is 16.1 Å². The first-order valence-electron chi connectivity index (χ1n) is 5.30. The lowest BCUT2D eigenvalue weighted by Crippen LogP contribution is -2.37. The summed E-state index contributed by atoms with van der Waals surface area (Å²) in [6, 6.07) is 3.23. The molecule has 7 heteroatoms. The van der Waals surface area contributed by atoms with Crippen LogP contribution in [0.5, 0.6) is 0 Å². The second-order valence-electron chi connectivity index (χ2n) is 3.94. The Morgan fingerprint density at radius 3 is 2.94 bits per heavy atom. The Morgan fingerprint density at radius 1 is 1.59 bits per heavy atom. The monoisotopic (exact) mass is 273 g/mol. The van der Waals surface area contributed by atoms with E-state index in [-0.39, 0.29) is 16.8 Å². The van der Waals surface area contributed by atoms with Crippen LogP contribution in [0.3, 0.4) is 0 Å². The number of hydrogen-bond acceptors (Lipinski definition) is 5. The Kier molecular flexibility index (Phi) is 3.60. The first-order valence-corrected chi connectivity index (χ1v) is 7.89. The van der Waals surface area contributed by atoms with E-state index in [1.54, 1.807) is 30.9 Å². The van der Waals surface area contributed by atoms with Crippen molar-refractivity contribution in [2.24, 2.45) is 0 Å². The highest BCUT2D eigenvalue weighted by atomic mass is 32.2. The molecular formula is C10H15N3O2S2. The van der Waals surface area contributed by atoms with Gasteiger partial charge in [0, 0.05) is 25.0 Å². The van der Waals surface area contributed by atoms with Gasteiger partial charge >= 0.3 is 0 Å². The van der Waals surface area contributed by atoms with Crippen LogP contribution < -0.4 is 5.73 Å². The van der Waals surface area contributed by atoms with Gasteiger partial charge in [0.2, 0.25) is 0 Å². The molecule has 0 aromatic carbocycles. The third-order valence-electron chi connectivity index (χ3n) is 2.84. The maximum absolute atomic E-state index is 12.3. The van der Waals surface area contributed by atoms with Crippen molar-refractivity contribution in [3.8, 4) is 0 Å². The maximum Gasteiger partial charge on any atom is 0.262 e. The van der Waals surface area contributed by atoms with Crippen molar-refractivity contribution in [3.05, 3.63) is 18.3 Å². The van der Waals surface area contributed by atoms with Gasteiger partial charge in [0.25, 0.3) is 10.0 Å². The lowest BCUT2D eigenvalue weighted by atomic mass is 10.3. The zero-order valence-electron chi connectivity index (χ0n) is 9.54. The number of aromatic nitrogens is 1. The number of thioether (sulfide) groups is 1. The molecule has 0 amide bonds. The summed E-state index contributed by atoms with van der Waals surface area (Å²) in [5, 5.41) is -0.0422. The molecule has 94 valence electrons. The van der Waals surface area contributed by atoms with Crippen LogP contribution in [0.25, 0.3) is 0 Å². The van der Waals surface area contributed by atoms with Gasteiger partial charge in [0.05, 0.1) is 5.69 Å². The van der Waals surface area contributed by atoms with Crippen molar-refractivity contribution in [1.29, 1.82) is 0 Å². The highest BCUT2D eigenvalue weighted by molar-refractivity contribution is 7.99. The minimum atomic E-state index is -3.57. The van der Waals surface area contributed by atoms with E-state index < -0.39 is 10.0 Å². The van der Waals surface area contributed by atoms with Gasteiger partial charge in [-0.3, -0.25) is 0 Å². The molecule has 5 nitrogen and oxygen atoms in total. The Hall–Kier alpha value is -0.790. The number of nitrogens with zero attached hydrogens (tertiary/aromatic N) is 2. The molecule has 0 bridgehead atoms. The number of rotatable bonds is 3. The largest absolute Gasteiger partial charge is 0.396 e. The smallest absolute Gasteiger partial charge is 0.262 e. The summed E-state index contributed by atoms with van der Waals surface area (Å²) < 4.78 is 26.0. The van der Waals surface area contributed by atoms with E-state index in [2.05, 4.69) is 4.98 Å². The number of nitrogen functional groups attached to an aromatic ring is 1. The van der Waals surface area contributed by atoms with E-state index in [0.29, 0.717) is 0 Å². The average molecular weight is 273 g/mol. The van der Waals surface area contributed by atoms with Crippen LogP contribution in [0.1, 0.15) is 6.42 Å². The van der Waals surface area contributed by atoms with Gasteiger partial charge < -0.3 is 5.73 Å². The Balaban J connectivity index is 2.33. The first kappa shape index (κ1) is 12.7. The van der Waals surface area contributed by atoms with E-state index in [9.17, 15) is 8.42 Å². The minimum absolute atomic E-state index is 0.0422. The van der Waals surface area contributed by atoms with E-state index in [0.717, 1.165) is 17.9 Å². The minimum Gasteiger partial charge on any atom is -0.396 e. The van der Waals surface area contributed by atoms with Crippen molar-refractivity contribution < 1.29 is 8.42 Å². The van der Waals surface area contributed by atoms with Crippen LogP contribution in [-0.4, -0.2) is 42.3 Å². The molecule has 1 aromatic rings. The first-order chi connectivity index (χ1) is 8.03. The highest BCUT2D eigenvalue weighted by Gasteiger charge is 2.32. The highest BCUT2D eigenvalue weighted by Crippen LogP contribution is 2.27. The molecule has 1 aliphatic rings. The number of pyridine rings is 1. The van der Waals surface area contributed by atoms with E-state index in [1.807, 2.05) is 0 Å². The maximum atomic E-state index is 12.3. The van der Waals surface area contributed by atoms with Gasteiger partial charge in [0.15, 0.2) is 5.03 Å². The van der Waals surface area contributed by atoms with Gasteiger partial charge in [-0.1, -0.05) is 0 Å². The summed E-state index contributed by atoms with van der Waals surface area (Å²) in [5.41, 5.74) is 5.87. The normalized spacial score (nSPS) is 20.9. The van der Waals surface area contributed by atoms with E-state index in [1.165, 1.54) is 10.5 Å². The van der Waals surface area contributed by atoms with Gasteiger partial charge in [0.1, 0.15) is 0 Å². The molecule has 0 spiro atoms. The zero-order chi connectivity index (χ0) is 12.5. The molecule has 1 saturated heterocycles. The quantitative estimate of drug-likeness (QED) is 0.881. The molecule has 0 aliphatic carbocycles. The molecule has 1 fully saturated rings. The lowest BCUT2D eigenvalue weighted by Gasteiger charge is -2.22. The van der Waals surface area contributed by atoms with Crippen LogP contribution in [0.2, 0.25) is 0 Å². The lowest BCUT2D eigenvalue weighted by molar-refractivity contribution is 0.393. The summed E-state index contributed by atoms with van der Waals surface area (Å²) in [5.74, 6) is 1.84. The predicted octanol–water partition coefficient (Wildman–Crippen LogP) is 0.790. The van der Waals surface area contributed by atoms with Crippen molar-refractivity contribution in [1.82, 2.24) is 9.29 Å². The van der Waals surface area contributed by atoms with Crippen molar-refractivity contribution in [2.75, 3.05) is 24.3 Å². The second-order valence-corrected chi connectivity index (χ2v) is 7.00. The third kappa shape index (κ3) is 2.41. The molecule has 0 radical (unpaired) electrons. The molecule has 1 aliphatic heterocycles. The van der Waals surface area contributed by atoms with Crippen LogP contribution in [0.15, 0.2) is 23.4 Å². The Labute approximate surface area is 105 Å². The van der Waals surface area contributed by atoms with Crippen LogP contribution in [0.4, 0.5) is 5.69 Å². The fourth-order valence-corrected chi connectivity index (χ4v) is 4.53. The SMILES string of the molecule is CN(C1CCSC1)S(=O)(=O)c1ncccc1N. The third-order valence-corrected chi connectivity index (χ3v) is 5.87. The van der Waals surface area contributed by atoms with Gasteiger partial charge in [-0.05, 0) is 24.3 Å². The number of sulfonamides is 1. The van der Waals surface area contributed by atoms with E-state index in [4.69, 9.17) is 5.73 Å². The van der Waals surface area contributed by atoms with Crippen LogP contribution >= 0.6 is 11.8 Å². The van der Waals surface area contributed by atoms with Gasteiger partial charge in [-0.15, -0.1) is 0 Å². The summed E-state index contributed by atoms with van der Waals surface area (Å²) in [7, 11) is -1.97. The number of nitrogens with two attached hydrogens (primary N) is 1. The molecule has 2 rings (SSSR count). The summed E-state index contributed by atoms with van der Waals surface area (Å²) in [6.45, 7) is 0. The Morgan fingerprint density at radius 2 is 2.35 bits per heavy atom. The van der Waals surface area contributed by atoms with Gasteiger partial charge in [-0.25, -0.2) is 13.4 Å². The molecule has 1 aromatic heterocycles. The number of hydrogen-bond donors (Lipinski definition) is 1. The Bertz CT molecular complexity index is 498. The second kappa shape index (κ2) is 4.83. The number of anilines is 1. The van der Waals surface area contributed by atoms with E-state index >= 15 is 0 Å². The standard InChI is InChI=1S/C10H15N3O2S2/c1-13(8-4-6-16-7-8)17(14,15)10-9(11)3-2-5-12-10/h2-3,5,8H,4,6-7,11H2,1H3.